The van der Waals surface area contributed by atoms with Gasteiger partial charge in [0, 0.05) is 5.56 Å². The number of H-pyrrole nitrogens is 1. The normalized spacial score (nSPS) is 9.69. The highest BCUT2D eigenvalue weighted by Crippen LogP contribution is 2.01. The number of esters is 1. The van der Waals surface area contributed by atoms with Gasteiger partial charge in [-0.1, -0.05) is 0 Å². The van der Waals surface area contributed by atoms with Crippen LogP contribution in [0.25, 0.3) is 0 Å². The Labute approximate surface area is 74.7 Å². The van der Waals surface area contributed by atoms with Gasteiger partial charge >= 0.3 is 5.97 Å². The predicted octanol–water partition coefficient (Wildman–Crippen LogP) is 0.255. The van der Waals surface area contributed by atoms with Gasteiger partial charge in [0.1, 0.15) is 0 Å². The highest BCUT2D eigenvalue weighted by Gasteiger charge is 2.11. The lowest BCUT2D eigenvalue weighted by atomic mass is 10.2. The third-order valence-electron chi connectivity index (χ3n) is 1.60. The number of rotatable bonds is 2. The van der Waals surface area contributed by atoms with Gasteiger partial charge in [0.25, 0.3) is 5.56 Å². The summed E-state index contributed by atoms with van der Waals surface area (Å²) in [4.78, 5) is 22.2. The topological polar surface area (TPSA) is 72.0 Å². The largest absolute Gasteiger partial charge is 0.462 e. The average Bonchev–Trinajstić information content (AvgIpc) is 2.10. The molecule has 0 spiro atoms. The van der Waals surface area contributed by atoms with E-state index in [0.29, 0.717) is 5.56 Å². The van der Waals surface area contributed by atoms with E-state index >= 15 is 0 Å². The van der Waals surface area contributed by atoms with Crippen molar-refractivity contribution in [3.8, 4) is 0 Å². The molecule has 70 valence electrons. The van der Waals surface area contributed by atoms with E-state index in [2.05, 4.69) is 10.2 Å². The van der Waals surface area contributed by atoms with Crippen molar-refractivity contribution in [1.29, 1.82) is 0 Å². The first-order chi connectivity index (χ1) is 6.16. The van der Waals surface area contributed by atoms with Crippen LogP contribution in [0, 0.1) is 6.92 Å². The van der Waals surface area contributed by atoms with Gasteiger partial charge in [0.05, 0.1) is 18.4 Å². The van der Waals surface area contributed by atoms with E-state index in [4.69, 9.17) is 4.74 Å². The number of hydrogen-bond donors (Lipinski definition) is 1. The second-order valence-corrected chi connectivity index (χ2v) is 2.46. The van der Waals surface area contributed by atoms with Crippen LogP contribution in [-0.2, 0) is 4.74 Å². The summed E-state index contributed by atoms with van der Waals surface area (Å²) in [6, 6.07) is 0. The van der Waals surface area contributed by atoms with E-state index in [0.717, 1.165) is 0 Å². The van der Waals surface area contributed by atoms with Crippen LogP contribution in [0.4, 0.5) is 0 Å². The highest BCUT2D eigenvalue weighted by molar-refractivity contribution is 5.90. The molecule has 0 unspecified atom stereocenters. The molecule has 0 saturated carbocycles. The first-order valence-corrected chi connectivity index (χ1v) is 3.88. The molecule has 0 aromatic carbocycles. The molecule has 13 heavy (non-hydrogen) atoms. The molecule has 0 bridgehead atoms. The van der Waals surface area contributed by atoms with Gasteiger partial charge in [-0.25, -0.2) is 9.89 Å². The van der Waals surface area contributed by atoms with E-state index in [9.17, 15) is 9.59 Å². The highest BCUT2D eigenvalue weighted by atomic mass is 16.5. The predicted molar refractivity (Wildman–Crippen MR) is 45.6 cm³/mol. The monoisotopic (exact) mass is 182 g/mol. The summed E-state index contributed by atoms with van der Waals surface area (Å²) in [6.07, 6.45) is 1.29. The van der Waals surface area contributed by atoms with Crippen LogP contribution in [0.15, 0.2) is 11.0 Å². The zero-order chi connectivity index (χ0) is 9.84. The molecule has 1 N–H and O–H groups in total. The zero-order valence-corrected chi connectivity index (χ0v) is 7.46. The Hall–Kier alpha value is -1.65. The van der Waals surface area contributed by atoms with E-state index in [1.54, 1.807) is 13.8 Å². The summed E-state index contributed by atoms with van der Waals surface area (Å²) in [5.74, 6) is -0.515. The molecule has 0 aliphatic rings. The molecule has 5 heteroatoms. The van der Waals surface area contributed by atoms with Crippen LogP contribution >= 0.6 is 0 Å². The molecule has 5 nitrogen and oxygen atoms in total. The maximum atomic E-state index is 11.2. The second kappa shape index (κ2) is 3.84. The van der Waals surface area contributed by atoms with Crippen LogP contribution in [0.1, 0.15) is 22.8 Å². The Balaban J connectivity index is 3.08. The maximum absolute atomic E-state index is 11.2. The lowest BCUT2D eigenvalue weighted by Gasteiger charge is -2.02. The minimum absolute atomic E-state index is 0.214. The molecule has 0 aliphatic carbocycles. The Morgan fingerprint density at radius 3 is 3.00 bits per heavy atom. The van der Waals surface area contributed by atoms with Gasteiger partial charge in [-0.2, -0.15) is 5.10 Å². The van der Waals surface area contributed by atoms with E-state index in [1.165, 1.54) is 6.20 Å². The summed E-state index contributed by atoms with van der Waals surface area (Å²) in [6.45, 7) is 3.53. The number of hydrogen-bond acceptors (Lipinski definition) is 4. The number of nitrogens with zero attached hydrogens (tertiary/aromatic N) is 1. The lowest BCUT2D eigenvalue weighted by molar-refractivity contribution is 0.0524. The molecule has 0 amide bonds. The Morgan fingerprint density at radius 2 is 2.38 bits per heavy atom. The quantitative estimate of drug-likeness (QED) is 0.665. The molecule has 0 aliphatic heterocycles. The fourth-order valence-corrected chi connectivity index (χ4v) is 0.873. The van der Waals surface area contributed by atoms with Crippen molar-refractivity contribution in [2.24, 2.45) is 0 Å². The molecule has 0 radical (unpaired) electrons. The van der Waals surface area contributed by atoms with Crippen molar-refractivity contribution in [1.82, 2.24) is 10.2 Å². The zero-order valence-electron chi connectivity index (χ0n) is 7.46. The minimum atomic E-state index is -0.515. The number of aromatic nitrogens is 2. The van der Waals surface area contributed by atoms with E-state index in [1.807, 2.05) is 0 Å². The molecule has 0 saturated heterocycles. The Bertz CT molecular complexity index is 370. The van der Waals surface area contributed by atoms with Gasteiger partial charge in [-0.3, -0.25) is 4.79 Å². The summed E-state index contributed by atoms with van der Waals surface area (Å²) in [5, 5.41) is 5.73. The van der Waals surface area contributed by atoms with E-state index < -0.39 is 5.97 Å². The van der Waals surface area contributed by atoms with Crippen LogP contribution < -0.4 is 5.56 Å². The molecule has 1 heterocycles. The molecular weight excluding hydrogens is 172 g/mol. The van der Waals surface area contributed by atoms with Crippen molar-refractivity contribution >= 4 is 5.97 Å². The first-order valence-electron chi connectivity index (χ1n) is 3.88. The fourth-order valence-electron chi connectivity index (χ4n) is 0.873. The Kier molecular flexibility index (Phi) is 2.79. The third-order valence-corrected chi connectivity index (χ3v) is 1.60. The van der Waals surface area contributed by atoms with Crippen molar-refractivity contribution in [2.45, 2.75) is 13.8 Å². The molecule has 1 rings (SSSR count). The second-order valence-electron chi connectivity index (χ2n) is 2.46. The van der Waals surface area contributed by atoms with Crippen molar-refractivity contribution < 1.29 is 9.53 Å². The van der Waals surface area contributed by atoms with Gasteiger partial charge in [0.15, 0.2) is 0 Å². The smallest absolute Gasteiger partial charge is 0.340 e. The lowest BCUT2D eigenvalue weighted by Crippen LogP contribution is -2.18. The minimum Gasteiger partial charge on any atom is -0.462 e. The fraction of sp³-hybridized carbons (Fsp3) is 0.375. The molecule has 1 aromatic heterocycles. The Morgan fingerprint density at radius 1 is 1.69 bits per heavy atom. The van der Waals surface area contributed by atoms with Gasteiger partial charge in [0.2, 0.25) is 0 Å². The van der Waals surface area contributed by atoms with Crippen LogP contribution in [0.3, 0.4) is 0 Å². The van der Waals surface area contributed by atoms with Crippen LogP contribution in [-0.4, -0.2) is 22.8 Å². The van der Waals surface area contributed by atoms with Crippen molar-refractivity contribution in [2.75, 3.05) is 6.61 Å². The maximum Gasteiger partial charge on any atom is 0.340 e. The third kappa shape index (κ3) is 1.93. The summed E-state index contributed by atoms with van der Waals surface area (Å²) >= 11 is 0. The van der Waals surface area contributed by atoms with Crippen molar-refractivity contribution in [3.63, 3.8) is 0 Å². The first kappa shape index (κ1) is 9.44. The number of carbonyl (C=O) groups is 1. The summed E-state index contributed by atoms with van der Waals surface area (Å²) < 4.78 is 4.73. The number of aromatic amines is 1. The van der Waals surface area contributed by atoms with Gasteiger partial charge < -0.3 is 4.74 Å². The molecule has 0 atom stereocenters. The summed E-state index contributed by atoms with van der Waals surface area (Å²) in [5.41, 5.74) is 0.171. The average molecular weight is 182 g/mol. The number of ether oxygens (including phenoxy) is 1. The molecule has 1 aromatic rings. The van der Waals surface area contributed by atoms with Gasteiger partial charge in [-0.05, 0) is 13.8 Å². The van der Waals surface area contributed by atoms with Crippen LogP contribution in [0.2, 0.25) is 0 Å². The SMILES string of the molecule is CCOC(=O)c1cn[nH]c(=O)c1C. The summed E-state index contributed by atoms with van der Waals surface area (Å²) in [7, 11) is 0. The van der Waals surface area contributed by atoms with Crippen LogP contribution in [0.5, 0.6) is 0 Å². The molecule has 0 fully saturated rings. The number of carbonyl (C=O) groups excluding carboxylic acids is 1. The van der Waals surface area contributed by atoms with E-state index in [-0.39, 0.29) is 17.7 Å². The molecular formula is C8H10N2O3. The van der Waals surface area contributed by atoms with Crippen molar-refractivity contribution in [3.05, 3.63) is 27.7 Å². The van der Waals surface area contributed by atoms with Gasteiger partial charge in [-0.15, -0.1) is 0 Å². The number of nitrogens with one attached hydrogen (secondary N) is 1. The standard InChI is InChI=1S/C8H10N2O3/c1-3-13-8(12)6-4-9-10-7(11)5(6)2/h4H,3H2,1-2H3,(H,10,11).